The Morgan fingerprint density at radius 3 is 2.61 bits per heavy atom. The van der Waals surface area contributed by atoms with Crippen LogP contribution in [0.1, 0.15) is 38.3 Å². The minimum absolute atomic E-state index is 0.0277. The van der Waals surface area contributed by atoms with Gasteiger partial charge in [-0.2, -0.15) is 0 Å². The second-order valence-corrected chi connectivity index (χ2v) is 6.04. The predicted molar refractivity (Wildman–Crippen MR) is 86.3 cm³/mol. The van der Waals surface area contributed by atoms with Crippen LogP contribution in [0.25, 0.3) is 0 Å². The molecule has 1 fully saturated rings. The number of piperidine rings is 1. The highest BCUT2D eigenvalue weighted by Crippen LogP contribution is 2.32. The third-order valence-corrected chi connectivity index (χ3v) is 4.32. The lowest BCUT2D eigenvalue weighted by Crippen LogP contribution is -2.43. The lowest BCUT2D eigenvalue weighted by atomic mass is 9.92. The molecule has 3 atom stereocenters. The van der Waals surface area contributed by atoms with E-state index in [0.717, 1.165) is 19.4 Å². The number of halogens is 1. The number of methoxy groups -OCH3 is 2. The quantitative estimate of drug-likeness (QED) is 0.873. The molecule has 6 heteroatoms. The van der Waals surface area contributed by atoms with Crippen LogP contribution in [0.3, 0.4) is 0 Å². The molecule has 0 spiro atoms. The number of ether oxygens (including phenoxy) is 2. The monoisotopic (exact) mass is 324 g/mol. The van der Waals surface area contributed by atoms with Crippen molar-refractivity contribution in [2.24, 2.45) is 5.92 Å². The van der Waals surface area contributed by atoms with Crippen LogP contribution in [0.4, 0.5) is 4.39 Å². The van der Waals surface area contributed by atoms with Gasteiger partial charge >= 0.3 is 0 Å². The van der Waals surface area contributed by atoms with Crippen molar-refractivity contribution in [3.05, 3.63) is 23.5 Å². The fraction of sp³-hybridized carbons (Fsp3) is 0.588. The molecular formula is C17H25FN2O3. The standard InChI is InChI=1S/C17H25FN2O3/c1-10-7-12(5-6-19-10)17(21)20-11(2)13-8-15(22-3)16(23-4)9-14(13)18/h8-12,19H,5-7H2,1-4H3,(H,20,21)/t10-,11?,12-/m0/s1. The molecule has 2 N–H and O–H groups in total. The Hall–Kier alpha value is -1.82. The van der Waals surface area contributed by atoms with E-state index in [1.165, 1.54) is 20.3 Å². The van der Waals surface area contributed by atoms with Crippen LogP contribution in [-0.2, 0) is 4.79 Å². The van der Waals surface area contributed by atoms with Crippen LogP contribution < -0.4 is 20.1 Å². The summed E-state index contributed by atoms with van der Waals surface area (Å²) in [6.07, 6.45) is 1.60. The van der Waals surface area contributed by atoms with Gasteiger partial charge in [-0.15, -0.1) is 0 Å². The lowest BCUT2D eigenvalue weighted by molar-refractivity contribution is -0.126. The lowest BCUT2D eigenvalue weighted by Gasteiger charge is -2.28. The van der Waals surface area contributed by atoms with E-state index in [1.54, 1.807) is 13.0 Å². The summed E-state index contributed by atoms with van der Waals surface area (Å²) in [7, 11) is 2.96. The molecule has 128 valence electrons. The van der Waals surface area contributed by atoms with Gasteiger partial charge in [-0.05, 0) is 39.3 Å². The molecular weight excluding hydrogens is 299 g/mol. The van der Waals surface area contributed by atoms with Crippen molar-refractivity contribution in [1.82, 2.24) is 10.6 Å². The van der Waals surface area contributed by atoms with Crippen molar-refractivity contribution < 1.29 is 18.7 Å². The van der Waals surface area contributed by atoms with E-state index < -0.39 is 11.9 Å². The molecule has 5 nitrogen and oxygen atoms in total. The van der Waals surface area contributed by atoms with Crippen LogP contribution in [-0.4, -0.2) is 32.7 Å². The average molecular weight is 324 g/mol. The van der Waals surface area contributed by atoms with Gasteiger partial charge in [0.2, 0.25) is 5.91 Å². The number of rotatable bonds is 5. The highest BCUT2D eigenvalue weighted by molar-refractivity contribution is 5.79. The zero-order valence-corrected chi connectivity index (χ0v) is 14.1. The third kappa shape index (κ3) is 4.13. The Morgan fingerprint density at radius 2 is 2.00 bits per heavy atom. The van der Waals surface area contributed by atoms with Crippen LogP contribution in [0.2, 0.25) is 0 Å². The molecule has 0 saturated carbocycles. The highest BCUT2D eigenvalue weighted by atomic mass is 19.1. The van der Waals surface area contributed by atoms with Gasteiger partial charge in [-0.25, -0.2) is 4.39 Å². The maximum Gasteiger partial charge on any atom is 0.223 e. The number of amides is 1. The zero-order valence-electron chi connectivity index (χ0n) is 14.1. The smallest absolute Gasteiger partial charge is 0.223 e. The summed E-state index contributed by atoms with van der Waals surface area (Å²) in [4.78, 5) is 12.4. The van der Waals surface area contributed by atoms with E-state index in [1.807, 2.05) is 0 Å². The van der Waals surface area contributed by atoms with Gasteiger partial charge in [0.25, 0.3) is 0 Å². The molecule has 0 bridgehead atoms. The van der Waals surface area contributed by atoms with Crippen molar-refractivity contribution in [3.8, 4) is 11.5 Å². The molecule has 1 aromatic carbocycles. The van der Waals surface area contributed by atoms with Crippen molar-refractivity contribution in [2.45, 2.75) is 38.8 Å². The van der Waals surface area contributed by atoms with Crippen molar-refractivity contribution in [3.63, 3.8) is 0 Å². The zero-order chi connectivity index (χ0) is 17.0. The number of benzene rings is 1. The normalized spacial score (nSPS) is 22.3. The number of nitrogens with one attached hydrogen (secondary N) is 2. The second kappa shape index (κ2) is 7.64. The van der Waals surface area contributed by atoms with Crippen LogP contribution in [0.15, 0.2) is 12.1 Å². The molecule has 2 rings (SSSR count). The Balaban J connectivity index is 2.10. The summed E-state index contributed by atoms with van der Waals surface area (Å²) in [5, 5.41) is 6.23. The molecule has 1 saturated heterocycles. The predicted octanol–water partition coefficient (Wildman–Crippen LogP) is 2.41. The van der Waals surface area contributed by atoms with Crippen molar-refractivity contribution in [2.75, 3.05) is 20.8 Å². The Kier molecular flexibility index (Phi) is 5.82. The first-order valence-electron chi connectivity index (χ1n) is 7.91. The molecule has 1 heterocycles. The summed E-state index contributed by atoms with van der Waals surface area (Å²) in [6, 6.07) is 2.74. The number of hydrogen-bond donors (Lipinski definition) is 2. The molecule has 1 amide bonds. The fourth-order valence-corrected chi connectivity index (χ4v) is 2.98. The third-order valence-electron chi connectivity index (χ3n) is 4.32. The maximum atomic E-state index is 14.3. The van der Waals surface area contributed by atoms with E-state index in [0.29, 0.717) is 23.1 Å². The summed E-state index contributed by atoms with van der Waals surface area (Å²) < 4.78 is 24.5. The molecule has 1 aliphatic rings. The summed E-state index contributed by atoms with van der Waals surface area (Å²) >= 11 is 0. The summed E-state index contributed by atoms with van der Waals surface area (Å²) in [5.41, 5.74) is 0.387. The van der Waals surface area contributed by atoms with Crippen LogP contribution >= 0.6 is 0 Å². The molecule has 0 aliphatic carbocycles. The van der Waals surface area contributed by atoms with Crippen molar-refractivity contribution in [1.29, 1.82) is 0 Å². The molecule has 23 heavy (non-hydrogen) atoms. The fourth-order valence-electron chi connectivity index (χ4n) is 2.98. The van der Waals surface area contributed by atoms with E-state index >= 15 is 0 Å². The number of carbonyl (C=O) groups is 1. The summed E-state index contributed by atoms with van der Waals surface area (Å²) in [6.45, 7) is 4.67. The van der Waals surface area contributed by atoms with E-state index in [-0.39, 0.29) is 11.8 Å². The Bertz CT molecular complexity index is 565. The maximum absolute atomic E-state index is 14.3. The second-order valence-electron chi connectivity index (χ2n) is 6.04. The van der Waals surface area contributed by atoms with Gasteiger partial charge in [-0.3, -0.25) is 4.79 Å². The first kappa shape index (κ1) is 17.5. The van der Waals surface area contributed by atoms with Gasteiger partial charge in [-0.1, -0.05) is 0 Å². The molecule has 1 aliphatic heterocycles. The van der Waals surface area contributed by atoms with Gasteiger partial charge in [0, 0.05) is 23.6 Å². The molecule has 0 radical (unpaired) electrons. The molecule has 1 aromatic rings. The largest absolute Gasteiger partial charge is 0.493 e. The minimum atomic E-state index is -0.438. The van der Waals surface area contributed by atoms with Gasteiger partial charge in [0.1, 0.15) is 5.82 Å². The first-order chi connectivity index (χ1) is 11.0. The van der Waals surface area contributed by atoms with Gasteiger partial charge in [0.05, 0.1) is 20.3 Å². The minimum Gasteiger partial charge on any atom is -0.493 e. The highest BCUT2D eigenvalue weighted by Gasteiger charge is 2.26. The van der Waals surface area contributed by atoms with Gasteiger partial charge in [0.15, 0.2) is 11.5 Å². The van der Waals surface area contributed by atoms with E-state index in [9.17, 15) is 9.18 Å². The van der Waals surface area contributed by atoms with Crippen LogP contribution in [0.5, 0.6) is 11.5 Å². The van der Waals surface area contributed by atoms with Crippen LogP contribution in [0, 0.1) is 11.7 Å². The van der Waals surface area contributed by atoms with E-state index in [2.05, 4.69) is 17.6 Å². The molecule has 1 unspecified atom stereocenters. The Labute approximate surface area is 136 Å². The van der Waals surface area contributed by atoms with E-state index in [4.69, 9.17) is 9.47 Å². The summed E-state index contributed by atoms with van der Waals surface area (Å²) in [5.74, 6) is 0.297. The topological polar surface area (TPSA) is 59.6 Å². The van der Waals surface area contributed by atoms with Crippen molar-refractivity contribution >= 4 is 5.91 Å². The number of hydrogen-bond acceptors (Lipinski definition) is 4. The number of carbonyl (C=O) groups excluding carboxylic acids is 1. The SMILES string of the molecule is COc1cc(F)c(C(C)NC(=O)[C@H]2CCN[C@@H](C)C2)cc1OC. The molecule has 0 aromatic heterocycles. The van der Waals surface area contributed by atoms with Gasteiger partial charge < -0.3 is 20.1 Å². The Morgan fingerprint density at radius 1 is 1.35 bits per heavy atom. The average Bonchev–Trinajstić information content (AvgIpc) is 2.54. The first-order valence-corrected chi connectivity index (χ1v) is 7.91.